The van der Waals surface area contributed by atoms with Crippen LogP contribution in [0.25, 0.3) is 21.8 Å². The zero-order valence-corrected chi connectivity index (χ0v) is 9.08. The van der Waals surface area contributed by atoms with Crippen molar-refractivity contribution in [2.24, 2.45) is 0 Å². The zero-order valence-electron chi connectivity index (χ0n) is 9.08. The van der Waals surface area contributed by atoms with Gasteiger partial charge < -0.3 is 9.72 Å². The van der Waals surface area contributed by atoms with Crippen LogP contribution < -0.4 is 4.74 Å². The number of fused-ring (bicyclic) bond motifs is 3. The van der Waals surface area contributed by atoms with Crippen molar-refractivity contribution in [3.05, 3.63) is 42.5 Å². The highest BCUT2D eigenvalue weighted by Crippen LogP contribution is 2.34. The number of hydrogen-bond donors (Lipinski definition) is 1. The molecule has 1 aromatic heterocycles. The molecule has 0 bridgehead atoms. The van der Waals surface area contributed by atoms with Crippen LogP contribution in [0.15, 0.2) is 42.5 Å². The Labute approximate surface area is 100.0 Å². The Balaban J connectivity index is 2.28. The van der Waals surface area contributed by atoms with Gasteiger partial charge in [-0.1, -0.05) is 30.3 Å². The molecule has 2 nitrogen and oxygen atoms in total. The van der Waals surface area contributed by atoms with E-state index in [9.17, 15) is 13.2 Å². The van der Waals surface area contributed by atoms with Gasteiger partial charge in [0.05, 0.1) is 5.52 Å². The fourth-order valence-corrected chi connectivity index (χ4v) is 2.06. The molecule has 0 aliphatic carbocycles. The van der Waals surface area contributed by atoms with Crippen molar-refractivity contribution in [2.75, 3.05) is 0 Å². The number of aromatic amines is 1. The third-order valence-corrected chi connectivity index (χ3v) is 2.73. The van der Waals surface area contributed by atoms with Crippen molar-refractivity contribution in [2.45, 2.75) is 6.36 Å². The third-order valence-electron chi connectivity index (χ3n) is 2.73. The van der Waals surface area contributed by atoms with Crippen molar-refractivity contribution in [1.82, 2.24) is 4.98 Å². The van der Waals surface area contributed by atoms with Gasteiger partial charge in [-0.25, -0.2) is 0 Å². The second-order valence-corrected chi connectivity index (χ2v) is 3.90. The summed E-state index contributed by atoms with van der Waals surface area (Å²) in [6.45, 7) is 0. The van der Waals surface area contributed by atoms with Crippen LogP contribution in [0.5, 0.6) is 5.75 Å². The van der Waals surface area contributed by atoms with Gasteiger partial charge in [-0.2, -0.15) is 0 Å². The smallest absolute Gasteiger partial charge is 0.404 e. The summed E-state index contributed by atoms with van der Waals surface area (Å²) in [7, 11) is 0. The lowest BCUT2D eigenvalue weighted by atomic mass is 10.1. The minimum atomic E-state index is -4.69. The topological polar surface area (TPSA) is 25.0 Å². The normalized spacial score (nSPS) is 12.2. The lowest BCUT2D eigenvalue weighted by molar-refractivity contribution is -0.274. The Morgan fingerprint density at radius 1 is 0.889 bits per heavy atom. The first-order valence-corrected chi connectivity index (χ1v) is 5.30. The van der Waals surface area contributed by atoms with Crippen molar-refractivity contribution >= 4 is 21.8 Å². The maximum atomic E-state index is 12.3. The summed E-state index contributed by atoms with van der Waals surface area (Å²) in [5.74, 6) is -0.212. The summed E-state index contributed by atoms with van der Waals surface area (Å²) in [5, 5.41) is 1.59. The van der Waals surface area contributed by atoms with Gasteiger partial charge in [0.2, 0.25) is 0 Å². The molecule has 0 saturated carbocycles. The van der Waals surface area contributed by atoms with E-state index in [2.05, 4.69) is 9.72 Å². The molecule has 0 atom stereocenters. The van der Waals surface area contributed by atoms with Gasteiger partial charge >= 0.3 is 6.36 Å². The predicted octanol–water partition coefficient (Wildman–Crippen LogP) is 4.22. The molecule has 0 unspecified atom stereocenters. The van der Waals surface area contributed by atoms with E-state index in [1.54, 1.807) is 12.1 Å². The van der Waals surface area contributed by atoms with E-state index in [0.29, 0.717) is 10.9 Å². The Morgan fingerprint density at radius 2 is 1.61 bits per heavy atom. The van der Waals surface area contributed by atoms with Gasteiger partial charge in [0.1, 0.15) is 0 Å². The number of halogens is 3. The lowest BCUT2D eigenvalue weighted by Gasteiger charge is -2.09. The first-order chi connectivity index (χ1) is 8.54. The summed E-state index contributed by atoms with van der Waals surface area (Å²) in [6, 6.07) is 11.9. The van der Waals surface area contributed by atoms with E-state index in [1.165, 1.54) is 6.07 Å². The lowest BCUT2D eigenvalue weighted by Crippen LogP contribution is -2.17. The monoisotopic (exact) mass is 251 g/mol. The predicted molar refractivity (Wildman–Crippen MR) is 62.5 cm³/mol. The van der Waals surface area contributed by atoms with Crippen LogP contribution >= 0.6 is 0 Å². The average molecular weight is 251 g/mol. The Kier molecular flexibility index (Phi) is 2.23. The highest BCUT2D eigenvalue weighted by molar-refractivity contribution is 6.09. The van der Waals surface area contributed by atoms with E-state index in [4.69, 9.17) is 0 Å². The molecule has 0 amide bonds. The Morgan fingerprint density at radius 3 is 2.39 bits per heavy atom. The molecule has 2 aromatic carbocycles. The van der Waals surface area contributed by atoms with Crippen LogP contribution in [0.4, 0.5) is 13.2 Å². The molecule has 0 aliphatic rings. The standard InChI is InChI=1S/C13H8F3NO/c14-13(15,16)18-11-7-3-5-9-8-4-1-2-6-10(8)17-12(9)11/h1-7,17H. The van der Waals surface area contributed by atoms with Gasteiger partial charge in [0.15, 0.2) is 5.75 Å². The molecule has 1 heterocycles. The van der Waals surface area contributed by atoms with Crippen LogP contribution in [0.1, 0.15) is 0 Å². The summed E-state index contributed by atoms with van der Waals surface area (Å²) >= 11 is 0. The Bertz CT molecular complexity index is 715. The molecule has 0 radical (unpaired) electrons. The van der Waals surface area contributed by atoms with E-state index < -0.39 is 6.36 Å². The first kappa shape index (κ1) is 11.0. The van der Waals surface area contributed by atoms with Crippen LogP contribution in [-0.2, 0) is 0 Å². The number of alkyl halides is 3. The summed E-state index contributed by atoms with van der Waals surface area (Å²) in [5.41, 5.74) is 1.14. The number of para-hydroxylation sites is 2. The van der Waals surface area contributed by atoms with Crippen molar-refractivity contribution in [3.8, 4) is 5.75 Å². The largest absolute Gasteiger partial charge is 0.573 e. The molecule has 5 heteroatoms. The van der Waals surface area contributed by atoms with Gasteiger partial charge in [-0.3, -0.25) is 0 Å². The minimum Gasteiger partial charge on any atom is -0.404 e. The zero-order chi connectivity index (χ0) is 12.8. The average Bonchev–Trinajstić information content (AvgIpc) is 2.67. The second kappa shape index (κ2) is 3.66. The fraction of sp³-hybridized carbons (Fsp3) is 0.0769. The number of hydrogen-bond acceptors (Lipinski definition) is 1. The SMILES string of the molecule is FC(F)(F)Oc1cccc2c1[nH]c1ccccc12. The first-order valence-electron chi connectivity index (χ1n) is 5.30. The van der Waals surface area contributed by atoms with Crippen LogP contribution in [0, 0.1) is 0 Å². The summed E-state index contributed by atoms with van der Waals surface area (Å²) in [6.07, 6.45) is -4.69. The molecule has 92 valence electrons. The highest BCUT2D eigenvalue weighted by Gasteiger charge is 2.32. The number of aromatic nitrogens is 1. The van der Waals surface area contributed by atoms with Crippen molar-refractivity contribution in [3.63, 3.8) is 0 Å². The van der Waals surface area contributed by atoms with Crippen molar-refractivity contribution < 1.29 is 17.9 Å². The quantitative estimate of drug-likeness (QED) is 0.688. The second-order valence-electron chi connectivity index (χ2n) is 3.90. The molecular formula is C13H8F3NO. The van der Waals surface area contributed by atoms with Crippen LogP contribution in [-0.4, -0.2) is 11.3 Å². The van der Waals surface area contributed by atoms with Gasteiger partial charge in [-0.15, -0.1) is 13.2 Å². The minimum absolute atomic E-state index is 0.212. The molecule has 0 fully saturated rings. The Hall–Kier alpha value is -2.17. The fourth-order valence-electron chi connectivity index (χ4n) is 2.06. The number of H-pyrrole nitrogens is 1. The van der Waals surface area contributed by atoms with Crippen LogP contribution in [0.2, 0.25) is 0 Å². The van der Waals surface area contributed by atoms with Crippen LogP contribution in [0.3, 0.4) is 0 Å². The number of rotatable bonds is 1. The van der Waals surface area contributed by atoms with E-state index in [1.807, 2.05) is 24.3 Å². The van der Waals surface area contributed by atoms with Crippen molar-refractivity contribution in [1.29, 1.82) is 0 Å². The van der Waals surface area contributed by atoms with Gasteiger partial charge in [0.25, 0.3) is 0 Å². The summed E-state index contributed by atoms with van der Waals surface area (Å²) in [4.78, 5) is 2.94. The molecule has 0 aliphatic heterocycles. The number of benzene rings is 2. The van der Waals surface area contributed by atoms with E-state index in [-0.39, 0.29) is 5.75 Å². The molecule has 1 N–H and O–H groups in total. The maximum absolute atomic E-state index is 12.3. The van der Waals surface area contributed by atoms with E-state index >= 15 is 0 Å². The molecule has 18 heavy (non-hydrogen) atoms. The third kappa shape index (κ3) is 1.77. The molecular weight excluding hydrogens is 243 g/mol. The van der Waals surface area contributed by atoms with Gasteiger partial charge in [-0.05, 0) is 12.1 Å². The molecule has 3 aromatic rings. The highest BCUT2D eigenvalue weighted by atomic mass is 19.4. The summed E-state index contributed by atoms with van der Waals surface area (Å²) < 4.78 is 40.9. The number of ether oxygens (including phenoxy) is 1. The molecule has 0 spiro atoms. The molecule has 0 saturated heterocycles. The molecule has 3 rings (SSSR count). The van der Waals surface area contributed by atoms with Gasteiger partial charge in [0, 0.05) is 16.3 Å². The van der Waals surface area contributed by atoms with E-state index in [0.717, 1.165) is 10.9 Å². The number of nitrogens with one attached hydrogen (secondary N) is 1. The maximum Gasteiger partial charge on any atom is 0.573 e.